The zero-order valence-corrected chi connectivity index (χ0v) is 32.6. The number of ether oxygens (including phenoxy) is 5. The van der Waals surface area contributed by atoms with E-state index in [1.165, 1.54) is 19.3 Å². The fraction of sp³-hybridized carbons (Fsp3) is 0.838. The Kier molecular flexibility index (Phi) is 36.4. The molecule has 0 heterocycles. The van der Waals surface area contributed by atoms with Gasteiger partial charge in [-0.05, 0) is 19.3 Å². The fourth-order valence-corrected chi connectivity index (χ4v) is 5.04. The molecule has 0 fully saturated rings. The highest BCUT2D eigenvalue weighted by atomic mass is 16.5. The zero-order valence-electron chi connectivity index (χ0n) is 32.6. The van der Waals surface area contributed by atoms with Crippen LogP contribution < -0.4 is 21.3 Å². The summed E-state index contributed by atoms with van der Waals surface area (Å²) in [4.78, 5) is 69.9. The van der Waals surface area contributed by atoms with Gasteiger partial charge in [0.15, 0.2) is 0 Å². The van der Waals surface area contributed by atoms with Gasteiger partial charge in [0, 0.05) is 38.9 Å². The van der Waals surface area contributed by atoms with Gasteiger partial charge < -0.3 is 60.3 Å². The monoisotopic (exact) mass is 792 g/mol. The Morgan fingerprint density at radius 1 is 0.436 bits per heavy atom. The van der Waals surface area contributed by atoms with Crippen molar-refractivity contribution in [2.24, 2.45) is 0 Å². The zero-order chi connectivity index (χ0) is 40.6. The molecule has 0 aromatic heterocycles. The maximum atomic E-state index is 12.3. The number of aliphatic hydroxyl groups excluding tert-OH is 1. The summed E-state index contributed by atoms with van der Waals surface area (Å²) in [5.41, 5.74) is 0. The van der Waals surface area contributed by atoms with E-state index in [1.54, 1.807) is 0 Å². The highest BCUT2D eigenvalue weighted by Crippen LogP contribution is 2.13. The lowest BCUT2D eigenvalue weighted by atomic mass is 10.0. The molecule has 0 saturated carbocycles. The average Bonchev–Trinajstić information content (AvgIpc) is 3.15. The molecule has 55 heavy (non-hydrogen) atoms. The Labute approximate surface area is 325 Å². The largest absolute Gasteiger partial charge is 0.481 e. The van der Waals surface area contributed by atoms with E-state index in [2.05, 4.69) is 21.3 Å². The molecule has 0 aromatic rings. The third-order valence-corrected chi connectivity index (χ3v) is 7.99. The van der Waals surface area contributed by atoms with E-state index in [9.17, 15) is 33.9 Å². The number of unbranched alkanes of at least 4 members (excludes halogenated alkanes) is 11. The molecule has 0 aliphatic carbocycles. The van der Waals surface area contributed by atoms with E-state index in [0.29, 0.717) is 19.6 Å². The van der Waals surface area contributed by atoms with Gasteiger partial charge in [0.25, 0.3) is 0 Å². The van der Waals surface area contributed by atoms with Crippen LogP contribution in [-0.2, 0) is 52.5 Å². The minimum absolute atomic E-state index is 0.0301. The SMILES string of the molecule is O=C(O)CCCCCCCCCCCCCCC(=O)N[C@@H](CCC(=O)NCCOCCOCC(=O)NCCOCCOCC(=O)NCCOCCO)C(=O)O. The predicted molar refractivity (Wildman–Crippen MR) is 201 cm³/mol. The minimum Gasteiger partial charge on any atom is -0.481 e. The molecule has 0 unspecified atom stereocenters. The minimum atomic E-state index is -1.19. The topological polar surface area (TPSA) is 257 Å². The van der Waals surface area contributed by atoms with Gasteiger partial charge in [-0.1, -0.05) is 64.2 Å². The molecule has 0 rings (SSSR count). The van der Waals surface area contributed by atoms with Crippen molar-refractivity contribution in [1.82, 2.24) is 21.3 Å². The van der Waals surface area contributed by atoms with Gasteiger partial charge in [-0.2, -0.15) is 0 Å². The van der Waals surface area contributed by atoms with Gasteiger partial charge in [-0.15, -0.1) is 0 Å². The number of nitrogens with one attached hydrogen (secondary N) is 4. The molecule has 0 saturated heterocycles. The summed E-state index contributed by atoms with van der Waals surface area (Å²) in [6, 6.07) is -1.14. The van der Waals surface area contributed by atoms with Crippen molar-refractivity contribution in [2.75, 3.05) is 92.3 Å². The van der Waals surface area contributed by atoms with Crippen molar-refractivity contribution in [3.63, 3.8) is 0 Å². The van der Waals surface area contributed by atoms with Crippen molar-refractivity contribution in [1.29, 1.82) is 0 Å². The van der Waals surface area contributed by atoms with E-state index in [-0.39, 0.29) is 128 Å². The normalized spacial score (nSPS) is 11.5. The summed E-state index contributed by atoms with van der Waals surface area (Å²) < 4.78 is 26.2. The number of amides is 4. The third-order valence-electron chi connectivity index (χ3n) is 7.99. The molecule has 0 radical (unpaired) electrons. The van der Waals surface area contributed by atoms with Crippen LogP contribution in [-0.4, -0.2) is 149 Å². The van der Waals surface area contributed by atoms with Crippen molar-refractivity contribution in [3.8, 4) is 0 Å². The fourth-order valence-electron chi connectivity index (χ4n) is 5.04. The summed E-state index contributed by atoms with van der Waals surface area (Å²) in [6.07, 6.45) is 12.7. The predicted octanol–water partition coefficient (Wildman–Crippen LogP) is 1.31. The Morgan fingerprint density at radius 2 is 0.836 bits per heavy atom. The second-order valence-corrected chi connectivity index (χ2v) is 12.8. The number of carboxylic acid groups (broad SMARTS) is 2. The quantitative estimate of drug-likeness (QED) is 0.0431. The molecule has 0 aromatic carbocycles. The van der Waals surface area contributed by atoms with Crippen LogP contribution in [0.4, 0.5) is 0 Å². The molecule has 320 valence electrons. The molecular formula is C37H68N4O14. The van der Waals surface area contributed by atoms with E-state index in [1.807, 2.05) is 0 Å². The van der Waals surface area contributed by atoms with Gasteiger partial charge in [0.1, 0.15) is 19.3 Å². The van der Waals surface area contributed by atoms with Gasteiger partial charge >= 0.3 is 11.9 Å². The van der Waals surface area contributed by atoms with E-state index >= 15 is 0 Å². The molecule has 7 N–H and O–H groups in total. The van der Waals surface area contributed by atoms with E-state index in [4.69, 9.17) is 33.9 Å². The Balaban J connectivity index is 3.65. The number of carbonyl (C=O) groups excluding carboxylic acids is 4. The van der Waals surface area contributed by atoms with Crippen LogP contribution in [0.25, 0.3) is 0 Å². The number of carbonyl (C=O) groups is 6. The maximum absolute atomic E-state index is 12.3. The maximum Gasteiger partial charge on any atom is 0.326 e. The van der Waals surface area contributed by atoms with Crippen molar-refractivity contribution < 1.29 is 67.8 Å². The van der Waals surface area contributed by atoms with Gasteiger partial charge in [0.2, 0.25) is 23.6 Å². The van der Waals surface area contributed by atoms with Crippen LogP contribution in [0.3, 0.4) is 0 Å². The summed E-state index contributed by atoms with van der Waals surface area (Å²) in [7, 11) is 0. The summed E-state index contributed by atoms with van der Waals surface area (Å²) >= 11 is 0. The smallest absolute Gasteiger partial charge is 0.326 e. The van der Waals surface area contributed by atoms with Crippen LogP contribution >= 0.6 is 0 Å². The lowest BCUT2D eigenvalue weighted by Crippen LogP contribution is -2.41. The van der Waals surface area contributed by atoms with Crippen molar-refractivity contribution in [2.45, 2.75) is 109 Å². The van der Waals surface area contributed by atoms with Crippen molar-refractivity contribution >= 4 is 35.6 Å². The van der Waals surface area contributed by atoms with Crippen LogP contribution in [0.15, 0.2) is 0 Å². The van der Waals surface area contributed by atoms with Crippen molar-refractivity contribution in [3.05, 3.63) is 0 Å². The standard InChI is InChI=1S/C37H68N4O14/c42-20-24-51-21-18-39-34(45)29-55-28-26-53-23-19-40-35(46)30-54-27-25-52-22-17-38-32(43)16-15-31(37(49)50)41-33(44)13-11-9-7-5-3-1-2-4-6-8-10-12-14-36(47)48/h31,42H,1-30H2,(H,38,43)(H,39,45)(H,40,46)(H,41,44)(H,47,48)(H,49,50)/t31-/m0/s1. The number of carboxylic acids is 2. The average molecular weight is 793 g/mol. The first-order valence-corrected chi connectivity index (χ1v) is 19.7. The number of aliphatic hydroxyl groups is 1. The molecule has 0 bridgehead atoms. The van der Waals surface area contributed by atoms with Crippen LogP contribution in [0, 0.1) is 0 Å². The Morgan fingerprint density at radius 3 is 1.27 bits per heavy atom. The molecule has 1 atom stereocenters. The second-order valence-electron chi connectivity index (χ2n) is 12.8. The van der Waals surface area contributed by atoms with Crippen LogP contribution in [0.2, 0.25) is 0 Å². The third kappa shape index (κ3) is 38.6. The summed E-state index contributed by atoms with van der Waals surface area (Å²) in [5, 5.41) is 37.1. The van der Waals surface area contributed by atoms with Crippen LogP contribution in [0.5, 0.6) is 0 Å². The first kappa shape index (κ1) is 51.6. The lowest BCUT2D eigenvalue weighted by molar-refractivity contribution is -0.142. The molecular weight excluding hydrogens is 724 g/mol. The Bertz CT molecular complexity index is 1020. The van der Waals surface area contributed by atoms with Crippen LogP contribution in [0.1, 0.15) is 103 Å². The molecule has 4 amide bonds. The number of hydrogen-bond donors (Lipinski definition) is 7. The number of aliphatic carboxylic acids is 2. The van der Waals surface area contributed by atoms with E-state index in [0.717, 1.165) is 51.4 Å². The highest BCUT2D eigenvalue weighted by molar-refractivity contribution is 5.84. The number of hydrogen-bond acceptors (Lipinski definition) is 12. The summed E-state index contributed by atoms with van der Waals surface area (Å²) in [5.74, 6) is -3.22. The van der Waals surface area contributed by atoms with Gasteiger partial charge in [0.05, 0.1) is 59.5 Å². The molecule has 18 heteroatoms. The van der Waals surface area contributed by atoms with Gasteiger partial charge in [-0.25, -0.2) is 4.79 Å². The van der Waals surface area contributed by atoms with Gasteiger partial charge in [-0.3, -0.25) is 24.0 Å². The number of rotatable bonds is 41. The lowest BCUT2D eigenvalue weighted by Gasteiger charge is -2.14. The highest BCUT2D eigenvalue weighted by Gasteiger charge is 2.20. The second kappa shape index (κ2) is 38.8. The first-order valence-electron chi connectivity index (χ1n) is 19.7. The van der Waals surface area contributed by atoms with E-state index < -0.39 is 18.0 Å². The molecule has 0 aliphatic heterocycles. The Hall–Kier alpha value is -3.42. The molecule has 0 spiro atoms. The summed E-state index contributed by atoms with van der Waals surface area (Å²) in [6.45, 7) is 2.29. The molecule has 0 aliphatic rings. The first-order chi connectivity index (χ1) is 26.6. The molecule has 18 nitrogen and oxygen atoms in total.